The lowest BCUT2D eigenvalue weighted by Gasteiger charge is -2.40. The molecule has 1 aromatic rings. The minimum Gasteiger partial charge on any atom is -0.342 e. The third kappa shape index (κ3) is 2.84. The van der Waals surface area contributed by atoms with Crippen LogP contribution in [0.5, 0.6) is 0 Å². The first-order valence-electron chi connectivity index (χ1n) is 7.19. The predicted molar refractivity (Wildman–Crippen MR) is 77.8 cm³/mol. The van der Waals surface area contributed by atoms with Gasteiger partial charge in [-0.25, -0.2) is 0 Å². The number of amides is 2. The molecule has 1 saturated heterocycles. The normalized spacial score (nSPS) is 23.1. The molecule has 2 amide bonds. The largest absolute Gasteiger partial charge is 0.342 e. The number of benzene rings is 1. The summed E-state index contributed by atoms with van der Waals surface area (Å²) in [5.41, 5.74) is 1.05. The van der Waals surface area contributed by atoms with E-state index in [4.69, 9.17) is 0 Å². The molecule has 0 bridgehead atoms. The van der Waals surface area contributed by atoms with Crippen molar-refractivity contribution in [1.82, 2.24) is 10.2 Å². The number of hydrogen-bond acceptors (Lipinski definition) is 2. The second kappa shape index (κ2) is 6.07. The van der Waals surface area contributed by atoms with Gasteiger partial charge in [-0.05, 0) is 17.9 Å². The van der Waals surface area contributed by atoms with E-state index in [0.29, 0.717) is 13.0 Å². The third-order valence-electron chi connectivity index (χ3n) is 3.77. The van der Waals surface area contributed by atoms with Crippen LogP contribution in [0.3, 0.4) is 0 Å². The summed E-state index contributed by atoms with van der Waals surface area (Å²) >= 11 is 0. The molecule has 1 aliphatic heterocycles. The number of piperazine rings is 1. The summed E-state index contributed by atoms with van der Waals surface area (Å²) in [5, 5.41) is 2.85. The van der Waals surface area contributed by atoms with E-state index in [-0.39, 0.29) is 23.8 Å². The average Bonchev–Trinajstić information content (AvgIpc) is 2.43. The molecule has 1 aromatic carbocycles. The fourth-order valence-electron chi connectivity index (χ4n) is 2.61. The molecule has 0 radical (unpaired) electrons. The van der Waals surface area contributed by atoms with Crippen molar-refractivity contribution in [2.45, 2.75) is 45.8 Å². The van der Waals surface area contributed by atoms with E-state index < -0.39 is 6.04 Å². The van der Waals surface area contributed by atoms with E-state index >= 15 is 0 Å². The first-order chi connectivity index (χ1) is 9.54. The van der Waals surface area contributed by atoms with Crippen molar-refractivity contribution >= 4 is 11.8 Å². The van der Waals surface area contributed by atoms with Gasteiger partial charge in [-0.15, -0.1) is 0 Å². The lowest BCUT2D eigenvalue weighted by Crippen LogP contribution is -2.64. The molecule has 0 saturated carbocycles. The Balaban J connectivity index is 2.25. The van der Waals surface area contributed by atoms with Crippen LogP contribution in [0, 0.1) is 5.92 Å². The smallest absolute Gasteiger partial charge is 0.246 e. The van der Waals surface area contributed by atoms with Gasteiger partial charge in [-0.3, -0.25) is 9.59 Å². The number of carbonyl (C=O) groups is 2. The highest BCUT2D eigenvalue weighted by atomic mass is 16.2. The molecule has 2 rings (SSSR count). The molecule has 1 heterocycles. The van der Waals surface area contributed by atoms with Crippen molar-refractivity contribution in [3.8, 4) is 0 Å². The molecule has 108 valence electrons. The highest BCUT2D eigenvalue weighted by Crippen LogP contribution is 2.20. The van der Waals surface area contributed by atoms with Crippen LogP contribution < -0.4 is 5.32 Å². The van der Waals surface area contributed by atoms with E-state index in [1.54, 1.807) is 4.90 Å². The molecule has 2 unspecified atom stereocenters. The van der Waals surface area contributed by atoms with Gasteiger partial charge in [0.25, 0.3) is 0 Å². The Bertz CT molecular complexity index is 485. The van der Waals surface area contributed by atoms with Crippen molar-refractivity contribution in [3.63, 3.8) is 0 Å². The van der Waals surface area contributed by atoms with Crippen LogP contribution in [0.25, 0.3) is 0 Å². The number of nitrogens with one attached hydrogen (secondary N) is 1. The van der Waals surface area contributed by atoms with Crippen LogP contribution in [0.1, 0.15) is 32.8 Å². The van der Waals surface area contributed by atoms with Gasteiger partial charge in [0.1, 0.15) is 12.1 Å². The van der Waals surface area contributed by atoms with Crippen LogP contribution in [0.15, 0.2) is 30.3 Å². The highest BCUT2D eigenvalue weighted by Gasteiger charge is 2.40. The van der Waals surface area contributed by atoms with Crippen molar-refractivity contribution in [1.29, 1.82) is 0 Å². The van der Waals surface area contributed by atoms with Crippen LogP contribution in [0.4, 0.5) is 0 Å². The quantitative estimate of drug-likeness (QED) is 0.912. The molecule has 20 heavy (non-hydrogen) atoms. The predicted octanol–water partition coefficient (Wildman–Crippen LogP) is 1.95. The summed E-state index contributed by atoms with van der Waals surface area (Å²) in [5.74, 6) is 0.0829. The van der Waals surface area contributed by atoms with Crippen LogP contribution in [-0.4, -0.2) is 28.8 Å². The number of carbonyl (C=O) groups excluding carboxylic acids is 2. The SMILES string of the molecule is CCC1C(=O)NC(C(C)C)C(=O)N1Cc1ccccc1. The summed E-state index contributed by atoms with van der Waals surface area (Å²) < 4.78 is 0. The molecule has 0 spiro atoms. The zero-order valence-electron chi connectivity index (χ0n) is 12.3. The fourth-order valence-corrected chi connectivity index (χ4v) is 2.61. The van der Waals surface area contributed by atoms with Gasteiger partial charge in [-0.2, -0.15) is 0 Å². The summed E-state index contributed by atoms with van der Waals surface area (Å²) in [7, 11) is 0. The Kier molecular flexibility index (Phi) is 4.42. The third-order valence-corrected chi connectivity index (χ3v) is 3.77. The molecule has 0 aliphatic carbocycles. The Morgan fingerprint density at radius 2 is 1.85 bits per heavy atom. The second-order valence-corrected chi connectivity index (χ2v) is 5.61. The fraction of sp³-hybridized carbons (Fsp3) is 0.500. The van der Waals surface area contributed by atoms with Gasteiger partial charge in [0, 0.05) is 6.54 Å². The second-order valence-electron chi connectivity index (χ2n) is 5.61. The minimum atomic E-state index is -0.408. The molecule has 1 fully saturated rings. The average molecular weight is 274 g/mol. The maximum Gasteiger partial charge on any atom is 0.246 e. The van der Waals surface area contributed by atoms with Gasteiger partial charge in [0.2, 0.25) is 11.8 Å². The Morgan fingerprint density at radius 1 is 1.20 bits per heavy atom. The first-order valence-corrected chi connectivity index (χ1v) is 7.19. The molecular formula is C16H22N2O2. The van der Waals surface area contributed by atoms with Crippen LogP contribution >= 0.6 is 0 Å². The summed E-state index contributed by atoms with van der Waals surface area (Å²) in [6, 6.07) is 9.04. The van der Waals surface area contributed by atoms with Crippen molar-refractivity contribution in [2.24, 2.45) is 5.92 Å². The lowest BCUT2D eigenvalue weighted by atomic mass is 9.96. The van der Waals surface area contributed by atoms with Gasteiger partial charge in [0.15, 0.2) is 0 Å². The number of nitrogens with zero attached hydrogens (tertiary/aromatic N) is 1. The molecule has 4 nitrogen and oxygen atoms in total. The molecule has 2 atom stereocenters. The van der Waals surface area contributed by atoms with Gasteiger partial charge >= 0.3 is 0 Å². The van der Waals surface area contributed by atoms with Crippen molar-refractivity contribution in [2.75, 3.05) is 0 Å². The van der Waals surface area contributed by atoms with Crippen LogP contribution in [-0.2, 0) is 16.1 Å². The Hall–Kier alpha value is -1.84. The van der Waals surface area contributed by atoms with Crippen molar-refractivity contribution in [3.05, 3.63) is 35.9 Å². The standard InChI is InChI=1S/C16H22N2O2/c1-4-13-15(19)17-14(11(2)3)16(20)18(13)10-12-8-6-5-7-9-12/h5-9,11,13-14H,4,10H2,1-3H3,(H,17,19). The minimum absolute atomic E-state index is 0.0234. The monoisotopic (exact) mass is 274 g/mol. The van der Waals surface area contributed by atoms with E-state index in [2.05, 4.69) is 5.32 Å². The highest BCUT2D eigenvalue weighted by molar-refractivity contribution is 5.97. The molecule has 1 N–H and O–H groups in total. The summed E-state index contributed by atoms with van der Waals surface area (Å²) in [6.45, 7) is 6.34. The summed E-state index contributed by atoms with van der Waals surface area (Å²) in [6.07, 6.45) is 0.634. The Morgan fingerprint density at radius 3 is 2.40 bits per heavy atom. The number of rotatable bonds is 4. The van der Waals surface area contributed by atoms with Crippen LogP contribution in [0.2, 0.25) is 0 Å². The zero-order valence-corrected chi connectivity index (χ0v) is 12.3. The zero-order chi connectivity index (χ0) is 14.7. The van der Waals surface area contributed by atoms with E-state index in [1.807, 2.05) is 51.1 Å². The van der Waals surface area contributed by atoms with E-state index in [9.17, 15) is 9.59 Å². The molecule has 0 aromatic heterocycles. The maximum atomic E-state index is 12.6. The number of hydrogen-bond donors (Lipinski definition) is 1. The summed E-state index contributed by atoms with van der Waals surface area (Å²) in [4.78, 5) is 26.5. The van der Waals surface area contributed by atoms with E-state index in [0.717, 1.165) is 5.56 Å². The van der Waals surface area contributed by atoms with Gasteiger partial charge < -0.3 is 10.2 Å². The van der Waals surface area contributed by atoms with Crippen molar-refractivity contribution < 1.29 is 9.59 Å². The lowest BCUT2D eigenvalue weighted by molar-refractivity contribution is -0.151. The van der Waals surface area contributed by atoms with Gasteiger partial charge in [0.05, 0.1) is 0 Å². The molecule has 1 aliphatic rings. The first kappa shape index (κ1) is 14.6. The molecule has 4 heteroatoms. The van der Waals surface area contributed by atoms with E-state index in [1.165, 1.54) is 0 Å². The molecular weight excluding hydrogens is 252 g/mol. The Labute approximate surface area is 120 Å². The topological polar surface area (TPSA) is 49.4 Å². The maximum absolute atomic E-state index is 12.6. The van der Waals surface area contributed by atoms with Gasteiger partial charge in [-0.1, -0.05) is 51.1 Å².